The molecule has 1 heterocycles. The summed E-state index contributed by atoms with van der Waals surface area (Å²) in [7, 11) is 1.76. The first-order chi connectivity index (χ1) is 14.8. The Morgan fingerprint density at radius 3 is 2.32 bits per heavy atom. The number of carbonyl (C=O) groups is 2. The summed E-state index contributed by atoms with van der Waals surface area (Å²) in [6.45, 7) is 3.81. The van der Waals surface area contributed by atoms with Gasteiger partial charge in [0.15, 0.2) is 5.78 Å². The van der Waals surface area contributed by atoms with Crippen LogP contribution in [0.15, 0.2) is 54.6 Å². The molecule has 1 amide bonds. The highest BCUT2D eigenvalue weighted by Crippen LogP contribution is 2.28. The quantitative estimate of drug-likeness (QED) is 0.372. The number of aryl methyl sites for hydroxylation is 2. The number of halogens is 2. The second-order valence-electron chi connectivity index (χ2n) is 7.39. The Kier molecular flexibility index (Phi) is 6.90. The fourth-order valence-electron chi connectivity index (χ4n) is 3.42. The second kappa shape index (κ2) is 9.60. The van der Waals surface area contributed by atoms with Gasteiger partial charge in [0.2, 0.25) is 17.8 Å². The predicted octanol–water partition coefficient (Wildman–Crippen LogP) is 5.52. The molecule has 3 rings (SSSR count). The van der Waals surface area contributed by atoms with Crippen LogP contribution in [0, 0.1) is 18.8 Å². The molecule has 0 aliphatic rings. The van der Waals surface area contributed by atoms with Crippen molar-refractivity contribution >= 4 is 17.4 Å². The Bertz CT molecular complexity index is 1110. The summed E-state index contributed by atoms with van der Waals surface area (Å²) < 4.78 is 26.5. The van der Waals surface area contributed by atoms with Crippen molar-refractivity contribution in [1.29, 1.82) is 0 Å². The number of anilines is 1. The first-order valence-corrected chi connectivity index (χ1v) is 10.1. The number of ketones is 1. The summed E-state index contributed by atoms with van der Waals surface area (Å²) in [4.78, 5) is 29.2. The molecule has 0 spiro atoms. The van der Waals surface area contributed by atoms with Crippen LogP contribution in [0.1, 0.15) is 41.3 Å². The van der Waals surface area contributed by atoms with E-state index in [2.05, 4.69) is 4.98 Å². The molecule has 0 aliphatic carbocycles. The summed E-state index contributed by atoms with van der Waals surface area (Å²) in [5.41, 5.74) is 4.57. The van der Waals surface area contributed by atoms with Gasteiger partial charge in [0.25, 0.3) is 0 Å². The zero-order valence-corrected chi connectivity index (χ0v) is 17.8. The maximum atomic E-state index is 13.6. The molecule has 0 saturated heterocycles. The molecule has 0 fully saturated rings. The molecule has 1 aromatic heterocycles. The van der Waals surface area contributed by atoms with Crippen molar-refractivity contribution in [1.82, 2.24) is 4.98 Å². The van der Waals surface area contributed by atoms with E-state index in [1.54, 1.807) is 24.1 Å². The monoisotopic (exact) mass is 422 g/mol. The maximum Gasteiger partial charge on any atom is 0.226 e. The van der Waals surface area contributed by atoms with Crippen molar-refractivity contribution in [3.63, 3.8) is 0 Å². The van der Waals surface area contributed by atoms with Gasteiger partial charge in [-0.15, -0.1) is 0 Å². The SMILES string of the molecule is CCC(=O)N(C)c1ccc(-c2ccc(C(=O)CCc3ccc(F)nc3F)cc2)c(C)c1. The van der Waals surface area contributed by atoms with E-state index < -0.39 is 11.9 Å². The van der Waals surface area contributed by atoms with Crippen molar-refractivity contribution < 1.29 is 18.4 Å². The molecule has 0 atom stereocenters. The molecule has 0 N–H and O–H groups in total. The number of hydrogen-bond donors (Lipinski definition) is 0. The smallest absolute Gasteiger partial charge is 0.226 e. The third-order valence-corrected chi connectivity index (χ3v) is 5.31. The average Bonchev–Trinajstić information content (AvgIpc) is 2.77. The van der Waals surface area contributed by atoms with Crippen molar-refractivity contribution in [2.45, 2.75) is 33.1 Å². The first kappa shape index (κ1) is 22.3. The Hall–Kier alpha value is -3.41. The maximum absolute atomic E-state index is 13.6. The molecule has 0 saturated carbocycles. The van der Waals surface area contributed by atoms with Crippen LogP contribution in [0.3, 0.4) is 0 Å². The van der Waals surface area contributed by atoms with Crippen molar-refractivity contribution in [3.05, 3.63) is 83.2 Å². The van der Waals surface area contributed by atoms with Gasteiger partial charge >= 0.3 is 0 Å². The number of hydrogen-bond acceptors (Lipinski definition) is 3. The fraction of sp³-hybridized carbons (Fsp3) is 0.240. The molecule has 160 valence electrons. The second-order valence-corrected chi connectivity index (χ2v) is 7.39. The van der Waals surface area contributed by atoms with Crippen LogP contribution in [0.4, 0.5) is 14.5 Å². The van der Waals surface area contributed by atoms with E-state index in [-0.39, 0.29) is 30.1 Å². The van der Waals surface area contributed by atoms with Gasteiger partial charge in [0, 0.05) is 36.7 Å². The summed E-state index contributed by atoms with van der Waals surface area (Å²) in [6.07, 6.45) is 0.705. The average molecular weight is 422 g/mol. The lowest BCUT2D eigenvalue weighted by molar-refractivity contribution is -0.118. The van der Waals surface area contributed by atoms with Gasteiger partial charge in [-0.2, -0.15) is 13.8 Å². The molecule has 4 nitrogen and oxygen atoms in total. The van der Waals surface area contributed by atoms with E-state index in [9.17, 15) is 18.4 Å². The lowest BCUT2D eigenvalue weighted by Crippen LogP contribution is -2.25. The highest BCUT2D eigenvalue weighted by Gasteiger charge is 2.13. The molecule has 6 heteroatoms. The highest BCUT2D eigenvalue weighted by atomic mass is 19.1. The Labute approximate surface area is 180 Å². The minimum absolute atomic E-state index is 0.0475. The number of aromatic nitrogens is 1. The van der Waals surface area contributed by atoms with Crippen LogP contribution in [0.25, 0.3) is 11.1 Å². The van der Waals surface area contributed by atoms with Gasteiger partial charge in [-0.25, -0.2) is 0 Å². The number of amides is 1. The molecule has 0 aliphatic heterocycles. The standard InChI is InChI=1S/C25H24F2N2O2/c1-4-24(31)29(3)20-11-12-21(16(2)15-20)17-5-7-18(8-6-17)22(30)13-9-19-10-14-23(26)28-25(19)27/h5-8,10-12,14-15H,4,9,13H2,1-3H3. The zero-order valence-electron chi connectivity index (χ0n) is 17.8. The van der Waals surface area contributed by atoms with E-state index in [1.165, 1.54) is 6.07 Å². The largest absolute Gasteiger partial charge is 0.316 e. The van der Waals surface area contributed by atoms with Crippen LogP contribution in [-0.4, -0.2) is 23.7 Å². The first-order valence-electron chi connectivity index (χ1n) is 10.1. The lowest BCUT2D eigenvalue weighted by atomic mass is 9.97. The summed E-state index contributed by atoms with van der Waals surface area (Å²) in [5, 5.41) is 0. The van der Waals surface area contributed by atoms with Gasteiger partial charge < -0.3 is 4.90 Å². The van der Waals surface area contributed by atoms with Crippen molar-refractivity contribution in [2.24, 2.45) is 0 Å². The van der Waals surface area contributed by atoms with E-state index >= 15 is 0 Å². The predicted molar refractivity (Wildman–Crippen MR) is 117 cm³/mol. The Balaban J connectivity index is 1.70. The summed E-state index contributed by atoms with van der Waals surface area (Å²) in [6, 6.07) is 15.5. The number of carbonyl (C=O) groups excluding carboxylic acids is 2. The molecule has 3 aromatic rings. The molecule has 2 aromatic carbocycles. The van der Waals surface area contributed by atoms with Gasteiger partial charge in [0.1, 0.15) is 0 Å². The lowest BCUT2D eigenvalue weighted by Gasteiger charge is -2.18. The summed E-state index contributed by atoms with van der Waals surface area (Å²) in [5.74, 6) is -1.84. The van der Waals surface area contributed by atoms with E-state index in [0.29, 0.717) is 12.0 Å². The number of benzene rings is 2. The van der Waals surface area contributed by atoms with E-state index in [4.69, 9.17) is 0 Å². The van der Waals surface area contributed by atoms with Crippen LogP contribution < -0.4 is 4.90 Å². The fourth-order valence-corrected chi connectivity index (χ4v) is 3.42. The minimum Gasteiger partial charge on any atom is -0.316 e. The third-order valence-electron chi connectivity index (χ3n) is 5.31. The molecular formula is C25H24F2N2O2. The molecular weight excluding hydrogens is 398 g/mol. The van der Waals surface area contributed by atoms with Crippen molar-refractivity contribution in [2.75, 3.05) is 11.9 Å². The molecule has 0 unspecified atom stereocenters. The number of pyridine rings is 1. The zero-order chi connectivity index (χ0) is 22.5. The Morgan fingerprint density at radius 2 is 1.71 bits per heavy atom. The van der Waals surface area contributed by atoms with Crippen LogP contribution in [-0.2, 0) is 11.2 Å². The Morgan fingerprint density at radius 1 is 1.00 bits per heavy atom. The number of nitrogens with zero attached hydrogens (tertiary/aromatic N) is 2. The highest BCUT2D eigenvalue weighted by molar-refractivity contribution is 5.97. The van der Waals surface area contributed by atoms with E-state index in [1.807, 2.05) is 44.2 Å². The summed E-state index contributed by atoms with van der Waals surface area (Å²) >= 11 is 0. The van der Waals surface area contributed by atoms with E-state index in [0.717, 1.165) is 28.4 Å². The number of Topliss-reactive ketones (excluding diaryl/α,β-unsaturated/α-hetero) is 1. The van der Waals surface area contributed by atoms with Gasteiger partial charge in [0.05, 0.1) is 0 Å². The van der Waals surface area contributed by atoms with Gasteiger partial charge in [-0.05, 0) is 54.3 Å². The van der Waals surface area contributed by atoms with Crippen LogP contribution in [0.5, 0.6) is 0 Å². The van der Waals surface area contributed by atoms with Gasteiger partial charge in [-0.1, -0.05) is 37.3 Å². The molecule has 31 heavy (non-hydrogen) atoms. The van der Waals surface area contributed by atoms with Crippen LogP contribution in [0.2, 0.25) is 0 Å². The van der Waals surface area contributed by atoms with Crippen molar-refractivity contribution in [3.8, 4) is 11.1 Å². The third kappa shape index (κ3) is 5.20. The van der Waals surface area contributed by atoms with Gasteiger partial charge in [-0.3, -0.25) is 9.59 Å². The molecule has 0 bridgehead atoms. The normalized spacial score (nSPS) is 10.7. The topological polar surface area (TPSA) is 50.3 Å². The van der Waals surface area contributed by atoms with Crippen LogP contribution >= 0.6 is 0 Å². The minimum atomic E-state index is -0.881. The molecule has 0 radical (unpaired) electrons. The number of rotatable bonds is 7.